The highest BCUT2D eigenvalue weighted by atomic mass is 35.5. The zero-order valence-corrected chi connectivity index (χ0v) is 11.6. The number of nitrogens with zero attached hydrogens (tertiary/aromatic N) is 1. The number of amides is 1. The number of rotatable bonds is 2. The highest BCUT2D eigenvalue weighted by molar-refractivity contribution is 6.34. The Kier molecular flexibility index (Phi) is 3.93. The molecule has 0 aliphatic rings. The highest BCUT2D eigenvalue weighted by Crippen LogP contribution is 2.23. The van der Waals surface area contributed by atoms with Crippen LogP contribution in [0.4, 0.5) is 11.5 Å². The molecule has 0 atom stereocenters. The minimum atomic E-state index is -0.346. The number of anilines is 2. The van der Waals surface area contributed by atoms with Gasteiger partial charge >= 0.3 is 0 Å². The first-order valence-corrected chi connectivity index (χ1v) is 6.22. The molecule has 1 heterocycles. The summed E-state index contributed by atoms with van der Waals surface area (Å²) in [5.74, 6) is -0.158. The minimum Gasteiger partial charge on any atom is -0.384 e. The topological polar surface area (TPSA) is 68.0 Å². The van der Waals surface area contributed by atoms with Crippen LogP contribution in [0.15, 0.2) is 30.3 Å². The fourth-order valence-electron chi connectivity index (χ4n) is 1.56. The number of carbonyl (C=O) groups excluding carboxylic acids is 1. The van der Waals surface area contributed by atoms with Crippen molar-refractivity contribution in [1.82, 2.24) is 4.98 Å². The number of nitrogens with two attached hydrogens (primary N) is 1. The molecule has 0 bridgehead atoms. The molecule has 6 heteroatoms. The van der Waals surface area contributed by atoms with E-state index in [1.165, 1.54) is 12.1 Å². The average molecular weight is 296 g/mol. The van der Waals surface area contributed by atoms with Crippen LogP contribution in [0.1, 0.15) is 15.9 Å². The smallest absolute Gasteiger partial charge is 0.255 e. The van der Waals surface area contributed by atoms with Gasteiger partial charge in [-0.1, -0.05) is 29.3 Å². The van der Waals surface area contributed by atoms with Crippen LogP contribution in [0.5, 0.6) is 0 Å². The standard InChI is InChI=1S/C13H11Cl2N3O/c1-7-2-3-10(9(14)4-7)17-13(19)8-5-11(15)18-12(16)6-8/h2-6H,1H3,(H2,16,18)(H,17,19). The molecule has 2 rings (SSSR count). The van der Waals surface area contributed by atoms with Gasteiger partial charge in [0.2, 0.25) is 0 Å². The Hall–Kier alpha value is -1.78. The number of aryl methyl sites for hydroxylation is 1. The summed E-state index contributed by atoms with van der Waals surface area (Å²) in [5, 5.41) is 3.34. The van der Waals surface area contributed by atoms with Crippen LogP contribution in [0.25, 0.3) is 0 Å². The molecule has 0 spiro atoms. The number of hydrogen-bond donors (Lipinski definition) is 2. The van der Waals surface area contributed by atoms with E-state index in [1.54, 1.807) is 12.1 Å². The predicted molar refractivity (Wildman–Crippen MR) is 77.8 cm³/mol. The summed E-state index contributed by atoms with van der Waals surface area (Å²) in [4.78, 5) is 15.8. The Bertz CT molecular complexity index is 624. The lowest BCUT2D eigenvalue weighted by Gasteiger charge is -2.08. The van der Waals surface area contributed by atoms with E-state index in [9.17, 15) is 4.79 Å². The molecule has 2 aromatic rings. The molecule has 0 aliphatic carbocycles. The summed E-state index contributed by atoms with van der Waals surface area (Å²) in [5.41, 5.74) is 7.41. The van der Waals surface area contributed by atoms with Crippen molar-refractivity contribution >= 4 is 40.6 Å². The van der Waals surface area contributed by atoms with Gasteiger partial charge in [-0.2, -0.15) is 0 Å². The van der Waals surface area contributed by atoms with Gasteiger partial charge in [0, 0.05) is 5.56 Å². The number of hydrogen-bond acceptors (Lipinski definition) is 3. The van der Waals surface area contributed by atoms with Crippen molar-refractivity contribution in [1.29, 1.82) is 0 Å². The molecule has 0 saturated heterocycles. The monoisotopic (exact) mass is 295 g/mol. The van der Waals surface area contributed by atoms with Gasteiger partial charge in [-0.05, 0) is 36.8 Å². The van der Waals surface area contributed by atoms with Crippen molar-refractivity contribution in [3.8, 4) is 0 Å². The zero-order chi connectivity index (χ0) is 14.0. The number of benzene rings is 1. The lowest BCUT2D eigenvalue weighted by molar-refractivity contribution is 0.102. The summed E-state index contributed by atoms with van der Waals surface area (Å²) >= 11 is 11.8. The zero-order valence-electron chi connectivity index (χ0n) is 10.1. The molecule has 0 aliphatic heterocycles. The average Bonchev–Trinajstić information content (AvgIpc) is 2.31. The number of nitrogen functional groups attached to an aromatic ring is 1. The fourth-order valence-corrected chi connectivity index (χ4v) is 2.06. The predicted octanol–water partition coefficient (Wildman–Crippen LogP) is 3.53. The Morgan fingerprint density at radius 1 is 1.26 bits per heavy atom. The van der Waals surface area contributed by atoms with Crippen molar-refractivity contribution in [2.75, 3.05) is 11.1 Å². The van der Waals surface area contributed by atoms with Crippen LogP contribution < -0.4 is 11.1 Å². The maximum Gasteiger partial charge on any atom is 0.255 e. The van der Waals surface area contributed by atoms with Gasteiger partial charge in [-0.15, -0.1) is 0 Å². The third-order valence-electron chi connectivity index (χ3n) is 2.45. The van der Waals surface area contributed by atoms with E-state index in [2.05, 4.69) is 10.3 Å². The second-order valence-electron chi connectivity index (χ2n) is 4.04. The maximum atomic E-state index is 12.0. The van der Waals surface area contributed by atoms with Gasteiger partial charge in [0.25, 0.3) is 5.91 Å². The highest BCUT2D eigenvalue weighted by Gasteiger charge is 2.10. The SMILES string of the molecule is Cc1ccc(NC(=O)c2cc(N)nc(Cl)c2)c(Cl)c1. The van der Waals surface area contributed by atoms with E-state index in [1.807, 2.05) is 13.0 Å². The van der Waals surface area contributed by atoms with Crippen LogP contribution in [0, 0.1) is 6.92 Å². The van der Waals surface area contributed by atoms with Gasteiger partial charge in [0.1, 0.15) is 11.0 Å². The quantitative estimate of drug-likeness (QED) is 0.833. The largest absolute Gasteiger partial charge is 0.384 e. The van der Waals surface area contributed by atoms with Gasteiger partial charge in [0.15, 0.2) is 0 Å². The van der Waals surface area contributed by atoms with Crippen LogP contribution in [-0.4, -0.2) is 10.9 Å². The molecular weight excluding hydrogens is 285 g/mol. The van der Waals surface area contributed by atoms with Crippen LogP contribution in [-0.2, 0) is 0 Å². The lowest BCUT2D eigenvalue weighted by Crippen LogP contribution is -2.13. The number of nitrogens with one attached hydrogen (secondary N) is 1. The number of carbonyl (C=O) groups is 1. The third-order valence-corrected chi connectivity index (χ3v) is 2.96. The Balaban J connectivity index is 2.25. The Labute approximate surface area is 120 Å². The van der Waals surface area contributed by atoms with Crippen LogP contribution in [0.2, 0.25) is 10.2 Å². The van der Waals surface area contributed by atoms with Crippen molar-refractivity contribution < 1.29 is 4.79 Å². The van der Waals surface area contributed by atoms with Crippen LogP contribution >= 0.6 is 23.2 Å². The first-order chi connectivity index (χ1) is 8.95. The number of pyridine rings is 1. The van der Waals surface area contributed by atoms with E-state index >= 15 is 0 Å². The molecule has 19 heavy (non-hydrogen) atoms. The van der Waals surface area contributed by atoms with Gasteiger partial charge < -0.3 is 11.1 Å². The fraction of sp³-hybridized carbons (Fsp3) is 0.0769. The van der Waals surface area contributed by atoms with Gasteiger partial charge in [-0.25, -0.2) is 4.98 Å². The van der Waals surface area contributed by atoms with Crippen molar-refractivity contribution in [3.05, 3.63) is 51.6 Å². The van der Waals surface area contributed by atoms with Crippen molar-refractivity contribution in [3.63, 3.8) is 0 Å². The van der Waals surface area contributed by atoms with Crippen molar-refractivity contribution in [2.45, 2.75) is 6.92 Å². The first kappa shape index (κ1) is 13.6. The summed E-state index contributed by atoms with van der Waals surface area (Å²) in [6.07, 6.45) is 0. The van der Waals surface area contributed by atoms with Gasteiger partial charge in [-0.3, -0.25) is 4.79 Å². The first-order valence-electron chi connectivity index (χ1n) is 5.46. The maximum absolute atomic E-state index is 12.0. The van der Waals surface area contributed by atoms with Crippen molar-refractivity contribution in [2.24, 2.45) is 0 Å². The van der Waals surface area contributed by atoms with Crippen LogP contribution in [0.3, 0.4) is 0 Å². The third kappa shape index (κ3) is 3.36. The summed E-state index contributed by atoms with van der Waals surface area (Å²) in [7, 11) is 0. The molecule has 4 nitrogen and oxygen atoms in total. The molecule has 0 radical (unpaired) electrons. The molecular formula is C13H11Cl2N3O. The molecule has 1 amide bonds. The number of aromatic nitrogens is 1. The minimum absolute atomic E-state index is 0.167. The second-order valence-corrected chi connectivity index (χ2v) is 4.84. The summed E-state index contributed by atoms with van der Waals surface area (Å²) in [6.45, 7) is 1.92. The molecule has 98 valence electrons. The van der Waals surface area contributed by atoms with E-state index in [4.69, 9.17) is 28.9 Å². The Morgan fingerprint density at radius 3 is 2.63 bits per heavy atom. The molecule has 0 unspecified atom stereocenters. The van der Waals surface area contributed by atoms with Gasteiger partial charge in [0.05, 0.1) is 10.7 Å². The van der Waals surface area contributed by atoms with E-state index in [0.717, 1.165) is 5.56 Å². The molecule has 3 N–H and O–H groups in total. The van der Waals surface area contributed by atoms with E-state index in [-0.39, 0.29) is 16.9 Å². The molecule has 1 aromatic carbocycles. The van der Waals surface area contributed by atoms with E-state index in [0.29, 0.717) is 16.3 Å². The second kappa shape index (κ2) is 5.47. The normalized spacial score (nSPS) is 10.3. The molecule has 0 saturated carbocycles. The summed E-state index contributed by atoms with van der Waals surface area (Å²) in [6, 6.07) is 8.25. The number of halogens is 2. The lowest BCUT2D eigenvalue weighted by atomic mass is 10.2. The molecule has 0 fully saturated rings. The van der Waals surface area contributed by atoms with E-state index < -0.39 is 0 Å². The summed E-state index contributed by atoms with van der Waals surface area (Å²) < 4.78 is 0. The molecule has 1 aromatic heterocycles. The Morgan fingerprint density at radius 2 is 2.00 bits per heavy atom.